The van der Waals surface area contributed by atoms with Crippen LogP contribution in [0, 0.1) is 56.7 Å². The molecule has 1 N–H and O–H groups in total. The minimum Gasteiger partial charge on any atom is -0.393 e. The van der Waals surface area contributed by atoms with E-state index >= 15 is 0 Å². The van der Waals surface area contributed by atoms with Gasteiger partial charge < -0.3 is 5.11 Å². The summed E-state index contributed by atoms with van der Waals surface area (Å²) in [6.45, 7) is 22.3. The van der Waals surface area contributed by atoms with Crippen molar-refractivity contribution in [1.82, 2.24) is 0 Å². The minimum atomic E-state index is -0.118. The van der Waals surface area contributed by atoms with E-state index in [-0.39, 0.29) is 11.5 Å². The molecule has 0 radical (unpaired) electrons. The molecular formula is C30H50O. The molecule has 5 fully saturated rings. The molecule has 1 nitrogen and oxygen atoms in total. The quantitative estimate of drug-likeness (QED) is 0.421. The van der Waals surface area contributed by atoms with Crippen LogP contribution in [0.1, 0.15) is 113 Å². The molecule has 10 atom stereocenters. The molecule has 0 saturated heterocycles. The molecular weight excluding hydrogens is 376 g/mol. The minimum absolute atomic E-state index is 0.0632. The van der Waals surface area contributed by atoms with Crippen molar-refractivity contribution < 1.29 is 5.11 Å². The Morgan fingerprint density at radius 2 is 1.45 bits per heavy atom. The van der Waals surface area contributed by atoms with Gasteiger partial charge in [-0.1, -0.05) is 53.7 Å². The number of rotatable bonds is 1. The molecule has 5 aliphatic carbocycles. The van der Waals surface area contributed by atoms with Crippen molar-refractivity contribution in [3.05, 3.63) is 12.2 Å². The third kappa shape index (κ3) is 2.65. The van der Waals surface area contributed by atoms with E-state index in [0.717, 1.165) is 30.1 Å². The molecule has 0 aromatic heterocycles. The van der Waals surface area contributed by atoms with Crippen LogP contribution in [-0.4, -0.2) is 11.2 Å². The lowest BCUT2D eigenvalue weighted by atomic mass is 9.32. The molecule has 1 heteroatoms. The maximum atomic E-state index is 10.9. The predicted molar refractivity (Wildman–Crippen MR) is 131 cm³/mol. The van der Waals surface area contributed by atoms with Gasteiger partial charge in [-0.2, -0.15) is 0 Å². The Morgan fingerprint density at radius 3 is 2.13 bits per heavy atom. The smallest absolute Gasteiger partial charge is 0.0594 e. The van der Waals surface area contributed by atoms with Gasteiger partial charge >= 0.3 is 0 Å². The number of allylic oxidation sites excluding steroid dienone is 1. The molecule has 5 saturated carbocycles. The van der Waals surface area contributed by atoms with Crippen LogP contribution in [-0.2, 0) is 0 Å². The molecule has 0 aromatic carbocycles. The van der Waals surface area contributed by atoms with E-state index in [9.17, 15) is 5.11 Å². The van der Waals surface area contributed by atoms with E-state index in [4.69, 9.17) is 0 Å². The van der Waals surface area contributed by atoms with Gasteiger partial charge in [0.05, 0.1) is 6.10 Å². The Bertz CT molecular complexity index is 766. The third-order valence-corrected chi connectivity index (χ3v) is 13.5. The molecule has 31 heavy (non-hydrogen) atoms. The van der Waals surface area contributed by atoms with Gasteiger partial charge in [0.15, 0.2) is 0 Å². The molecule has 0 unspecified atom stereocenters. The predicted octanol–water partition coefficient (Wildman–Crippen LogP) is 8.02. The summed E-state index contributed by atoms with van der Waals surface area (Å²) in [5.41, 5.74) is 3.38. The molecule has 5 aliphatic rings. The second kappa shape index (κ2) is 6.64. The fourth-order valence-corrected chi connectivity index (χ4v) is 11.5. The van der Waals surface area contributed by atoms with E-state index in [0.29, 0.717) is 27.6 Å². The third-order valence-electron chi connectivity index (χ3n) is 13.5. The Hall–Kier alpha value is -0.300. The molecule has 0 aromatic rings. The summed E-state index contributed by atoms with van der Waals surface area (Å²) < 4.78 is 0. The van der Waals surface area contributed by atoms with Gasteiger partial charge in [-0.15, -0.1) is 0 Å². The zero-order chi connectivity index (χ0) is 22.6. The summed E-state index contributed by atoms with van der Waals surface area (Å²) in [4.78, 5) is 0. The molecule has 5 rings (SSSR count). The van der Waals surface area contributed by atoms with Crippen molar-refractivity contribution in [2.45, 2.75) is 119 Å². The zero-order valence-electron chi connectivity index (χ0n) is 21.7. The Labute approximate surface area is 192 Å². The molecule has 0 amide bonds. The van der Waals surface area contributed by atoms with Crippen molar-refractivity contribution in [3.8, 4) is 0 Å². The van der Waals surface area contributed by atoms with E-state index in [2.05, 4.69) is 55.0 Å². The maximum absolute atomic E-state index is 10.9. The average Bonchev–Trinajstić information content (AvgIpc) is 3.04. The summed E-state index contributed by atoms with van der Waals surface area (Å²) in [6, 6.07) is 0. The highest BCUT2D eigenvalue weighted by molar-refractivity contribution is 5.21. The van der Waals surface area contributed by atoms with Crippen LogP contribution in [0.25, 0.3) is 0 Å². The first-order chi connectivity index (χ1) is 14.3. The Kier molecular flexibility index (Phi) is 4.82. The van der Waals surface area contributed by atoms with Crippen molar-refractivity contribution in [1.29, 1.82) is 0 Å². The molecule has 176 valence electrons. The first kappa shape index (κ1) is 22.5. The highest BCUT2D eigenvalue weighted by Gasteiger charge is 2.70. The largest absolute Gasteiger partial charge is 0.393 e. The highest BCUT2D eigenvalue weighted by Crippen LogP contribution is 2.77. The number of hydrogen-bond acceptors (Lipinski definition) is 1. The van der Waals surface area contributed by atoms with E-state index in [1.165, 1.54) is 63.4 Å². The van der Waals surface area contributed by atoms with Crippen LogP contribution in [0.3, 0.4) is 0 Å². The van der Waals surface area contributed by atoms with Gasteiger partial charge in [-0.05, 0) is 128 Å². The van der Waals surface area contributed by atoms with Crippen molar-refractivity contribution in [2.75, 3.05) is 0 Å². The molecule has 0 bridgehead atoms. The summed E-state index contributed by atoms with van der Waals surface area (Å²) in [5, 5.41) is 10.9. The number of aliphatic hydroxyl groups is 1. The summed E-state index contributed by atoms with van der Waals surface area (Å²) in [7, 11) is 0. The van der Waals surface area contributed by atoms with Gasteiger partial charge in [-0.3, -0.25) is 0 Å². The van der Waals surface area contributed by atoms with Crippen LogP contribution < -0.4 is 0 Å². The van der Waals surface area contributed by atoms with E-state index in [1.54, 1.807) is 0 Å². The summed E-state index contributed by atoms with van der Waals surface area (Å²) in [6.07, 6.45) is 13.4. The summed E-state index contributed by atoms with van der Waals surface area (Å²) in [5.74, 6) is 3.98. The zero-order valence-corrected chi connectivity index (χ0v) is 21.7. The van der Waals surface area contributed by atoms with Crippen molar-refractivity contribution in [2.24, 2.45) is 56.7 Å². The van der Waals surface area contributed by atoms with Gasteiger partial charge in [-0.25, -0.2) is 0 Å². The SMILES string of the molecule is C=C(C)[C@H]1CC[C@]2(C)CC[C@]3(C)[C@H](CC[C@@H]4[C@@]5(C)CC[C@H](O)C(C)(C)[C@@H]5CC[C@]43C)[C@@H]12. The van der Waals surface area contributed by atoms with Gasteiger partial charge in [0.25, 0.3) is 0 Å². The highest BCUT2D eigenvalue weighted by atomic mass is 16.3. The molecule has 0 aliphatic heterocycles. The fraction of sp³-hybridized carbons (Fsp3) is 0.933. The lowest BCUT2D eigenvalue weighted by Gasteiger charge is -2.73. The number of fused-ring (bicyclic) bond motifs is 7. The van der Waals surface area contributed by atoms with Crippen molar-refractivity contribution in [3.63, 3.8) is 0 Å². The second-order valence-corrected chi connectivity index (χ2v) is 14.7. The van der Waals surface area contributed by atoms with E-state index < -0.39 is 0 Å². The number of aliphatic hydroxyl groups excluding tert-OH is 1. The molecule has 0 spiro atoms. The first-order valence-corrected chi connectivity index (χ1v) is 13.6. The maximum Gasteiger partial charge on any atom is 0.0594 e. The van der Waals surface area contributed by atoms with Crippen molar-refractivity contribution >= 4 is 0 Å². The van der Waals surface area contributed by atoms with Crippen LogP contribution in [0.2, 0.25) is 0 Å². The van der Waals surface area contributed by atoms with Crippen LogP contribution >= 0.6 is 0 Å². The topological polar surface area (TPSA) is 20.2 Å². The van der Waals surface area contributed by atoms with Gasteiger partial charge in [0.1, 0.15) is 0 Å². The lowest BCUT2D eigenvalue weighted by Crippen LogP contribution is -2.66. The monoisotopic (exact) mass is 426 g/mol. The lowest BCUT2D eigenvalue weighted by molar-refractivity contribution is -0.246. The molecule has 0 heterocycles. The van der Waals surface area contributed by atoms with Crippen LogP contribution in [0.4, 0.5) is 0 Å². The normalized spacial score (nSPS) is 57.9. The van der Waals surface area contributed by atoms with Gasteiger partial charge in [0, 0.05) is 0 Å². The Morgan fingerprint density at radius 1 is 0.742 bits per heavy atom. The standard InChI is InChI=1S/C30H50O/c1-19(2)20-11-14-27(5)17-18-29(7)21(25(20)27)9-10-23-28(6)15-13-24(31)26(3,4)22(28)12-16-30(23,29)8/h20-25,31H,1,9-18H2,2-8H3/t20-,21-,22+,23-,24+,25-,27-,28+,29-,30-/m1/s1. The van der Waals surface area contributed by atoms with Crippen LogP contribution in [0.15, 0.2) is 12.2 Å². The average molecular weight is 427 g/mol. The number of hydrogen-bond donors (Lipinski definition) is 1. The van der Waals surface area contributed by atoms with Gasteiger partial charge in [0.2, 0.25) is 0 Å². The fourth-order valence-electron chi connectivity index (χ4n) is 11.5. The van der Waals surface area contributed by atoms with E-state index in [1.807, 2.05) is 0 Å². The summed E-state index contributed by atoms with van der Waals surface area (Å²) >= 11 is 0. The first-order valence-electron chi connectivity index (χ1n) is 13.6. The van der Waals surface area contributed by atoms with Crippen LogP contribution in [0.5, 0.6) is 0 Å². The second-order valence-electron chi connectivity index (χ2n) is 14.7. The Balaban J connectivity index is 1.54.